The molecule has 0 bridgehead atoms. The van der Waals surface area contributed by atoms with Gasteiger partial charge >= 0.3 is 0 Å². The van der Waals surface area contributed by atoms with Crippen molar-refractivity contribution in [2.45, 2.75) is 71.2 Å². The zero-order valence-electron chi connectivity index (χ0n) is 22.9. The van der Waals surface area contributed by atoms with Crippen molar-refractivity contribution in [1.29, 1.82) is 0 Å². The second kappa shape index (κ2) is 18.7. The van der Waals surface area contributed by atoms with Crippen molar-refractivity contribution in [3.05, 3.63) is 108 Å². The molecule has 0 saturated carbocycles. The predicted molar refractivity (Wildman–Crippen MR) is 155 cm³/mol. The molecule has 4 nitrogen and oxygen atoms in total. The second-order valence-corrected chi connectivity index (χ2v) is 10.3. The van der Waals surface area contributed by atoms with Crippen LogP contribution in [0.25, 0.3) is 0 Å². The lowest BCUT2D eigenvalue weighted by Crippen LogP contribution is -2.24. The van der Waals surface area contributed by atoms with Crippen LogP contribution in [0.15, 0.2) is 91.0 Å². The number of ether oxygens (including phenoxy) is 3. The number of benzene rings is 3. The molecular formula is C34H46O4. The van der Waals surface area contributed by atoms with Crippen LogP contribution in [-0.4, -0.2) is 31.5 Å². The van der Waals surface area contributed by atoms with Crippen molar-refractivity contribution >= 4 is 0 Å². The summed E-state index contributed by atoms with van der Waals surface area (Å²) in [6, 6.07) is 31.1. The summed E-state index contributed by atoms with van der Waals surface area (Å²) in [4.78, 5) is 0. The molecule has 3 aromatic carbocycles. The molecule has 0 radical (unpaired) electrons. The maximum absolute atomic E-state index is 9.66. The first-order valence-corrected chi connectivity index (χ1v) is 14.3. The average molecular weight is 519 g/mol. The van der Waals surface area contributed by atoms with E-state index in [1.54, 1.807) is 0 Å². The van der Waals surface area contributed by atoms with Crippen molar-refractivity contribution < 1.29 is 19.3 Å². The van der Waals surface area contributed by atoms with E-state index >= 15 is 0 Å². The Balaban J connectivity index is 1.47. The Bertz CT molecular complexity index is 826. The first kappa shape index (κ1) is 30.0. The number of aliphatic hydroxyl groups is 1. The summed E-state index contributed by atoms with van der Waals surface area (Å²) in [5.74, 6) is 0. The number of rotatable bonds is 21. The van der Waals surface area contributed by atoms with Crippen LogP contribution in [0.1, 0.15) is 68.1 Å². The highest BCUT2D eigenvalue weighted by Crippen LogP contribution is 2.40. The molecule has 38 heavy (non-hydrogen) atoms. The third-order valence-electron chi connectivity index (χ3n) is 7.19. The van der Waals surface area contributed by atoms with Gasteiger partial charge in [0, 0.05) is 26.4 Å². The van der Waals surface area contributed by atoms with E-state index in [9.17, 15) is 5.11 Å². The third kappa shape index (κ3) is 12.4. The number of aliphatic hydroxyl groups excluding tert-OH is 1. The highest BCUT2D eigenvalue weighted by molar-refractivity contribution is 5.14. The molecule has 0 atom stereocenters. The largest absolute Gasteiger partial charge is 0.396 e. The Kier molecular flexibility index (Phi) is 14.8. The normalized spacial score (nSPS) is 11.6. The van der Waals surface area contributed by atoms with Crippen molar-refractivity contribution in [2.75, 3.05) is 26.4 Å². The van der Waals surface area contributed by atoms with Gasteiger partial charge < -0.3 is 19.3 Å². The van der Waals surface area contributed by atoms with Crippen LogP contribution < -0.4 is 0 Å². The SMILES string of the molecule is OCCCC(CCCOCc1ccccc1)(CCCOCc1ccccc1)CCCOCc1ccccc1. The van der Waals surface area contributed by atoms with E-state index in [4.69, 9.17) is 14.2 Å². The van der Waals surface area contributed by atoms with E-state index in [0.717, 1.165) is 71.2 Å². The molecule has 1 N–H and O–H groups in total. The average Bonchev–Trinajstić information content (AvgIpc) is 2.97. The molecule has 0 spiro atoms. The van der Waals surface area contributed by atoms with E-state index in [1.807, 2.05) is 18.2 Å². The van der Waals surface area contributed by atoms with Gasteiger partial charge in [0.15, 0.2) is 0 Å². The number of hydrogen-bond donors (Lipinski definition) is 1. The molecule has 0 aromatic heterocycles. The first-order chi connectivity index (χ1) is 18.8. The summed E-state index contributed by atoms with van der Waals surface area (Å²) in [6.07, 6.45) is 8.22. The van der Waals surface area contributed by atoms with E-state index < -0.39 is 0 Å². The molecule has 4 heteroatoms. The zero-order valence-corrected chi connectivity index (χ0v) is 22.9. The Morgan fingerprint density at radius 1 is 0.447 bits per heavy atom. The van der Waals surface area contributed by atoms with E-state index in [1.165, 1.54) is 16.7 Å². The maximum atomic E-state index is 9.66. The molecule has 0 fully saturated rings. The molecule has 0 unspecified atom stereocenters. The van der Waals surface area contributed by atoms with E-state index in [0.29, 0.717) is 19.8 Å². The molecular weight excluding hydrogens is 472 g/mol. The summed E-state index contributed by atoms with van der Waals surface area (Å²) in [5.41, 5.74) is 3.81. The van der Waals surface area contributed by atoms with Gasteiger partial charge in [-0.3, -0.25) is 0 Å². The lowest BCUT2D eigenvalue weighted by molar-refractivity contribution is 0.0656. The molecule has 0 aliphatic rings. The van der Waals surface area contributed by atoms with Crippen molar-refractivity contribution in [3.63, 3.8) is 0 Å². The topological polar surface area (TPSA) is 47.9 Å². The molecule has 3 aromatic rings. The minimum atomic E-state index is 0.172. The minimum Gasteiger partial charge on any atom is -0.396 e. The van der Waals surface area contributed by atoms with Crippen molar-refractivity contribution in [2.24, 2.45) is 5.41 Å². The molecule has 0 heterocycles. The van der Waals surface area contributed by atoms with Crippen LogP contribution >= 0.6 is 0 Å². The van der Waals surface area contributed by atoms with Gasteiger partial charge in [-0.25, -0.2) is 0 Å². The highest BCUT2D eigenvalue weighted by atomic mass is 16.5. The Morgan fingerprint density at radius 2 is 0.763 bits per heavy atom. The first-order valence-electron chi connectivity index (χ1n) is 14.3. The number of hydrogen-bond acceptors (Lipinski definition) is 4. The summed E-state index contributed by atoms with van der Waals surface area (Å²) >= 11 is 0. The summed E-state index contributed by atoms with van der Waals surface area (Å²) in [7, 11) is 0. The Labute approximate surface area is 230 Å². The minimum absolute atomic E-state index is 0.172. The van der Waals surface area contributed by atoms with Gasteiger partial charge in [0.1, 0.15) is 0 Å². The van der Waals surface area contributed by atoms with Gasteiger partial charge in [-0.1, -0.05) is 91.0 Å². The molecule has 0 aliphatic heterocycles. The fourth-order valence-electron chi connectivity index (χ4n) is 5.14. The monoisotopic (exact) mass is 518 g/mol. The lowest BCUT2D eigenvalue weighted by atomic mass is 9.72. The lowest BCUT2D eigenvalue weighted by Gasteiger charge is -2.35. The highest BCUT2D eigenvalue weighted by Gasteiger charge is 2.28. The zero-order chi connectivity index (χ0) is 26.6. The summed E-state index contributed by atoms with van der Waals surface area (Å²) < 4.78 is 18.0. The molecule has 206 valence electrons. The standard InChI is InChI=1S/C34H46O4/c35-24-10-20-34(21-11-25-36-28-31-14-4-1-5-15-31,22-12-26-37-29-32-16-6-2-7-17-32)23-13-27-38-30-33-18-8-3-9-19-33/h1-9,14-19,35H,10-13,20-30H2. The van der Waals surface area contributed by atoms with Crippen LogP contribution in [0, 0.1) is 5.41 Å². The molecule has 0 amide bonds. The van der Waals surface area contributed by atoms with Crippen LogP contribution in [-0.2, 0) is 34.0 Å². The molecule has 3 rings (SSSR count). The van der Waals surface area contributed by atoms with Crippen LogP contribution in [0.5, 0.6) is 0 Å². The van der Waals surface area contributed by atoms with Gasteiger partial charge in [-0.2, -0.15) is 0 Å². The molecule has 0 saturated heterocycles. The van der Waals surface area contributed by atoms with Crippen LogP contribution in [0.4, 0.5) is 0 Å². The second-order valence-electron chi connectivity index (χ2n) is 10.3. The quantitative estimate of drug-likeness (QED) is 0.147. The van der Waals surface area contributed by atoms with E-state index in [-0.39, 0.29) is 12.0 Å². The fraction of sp³-hybridized carbons (Fsp3) is 0.471. The molecule has 0 aliphatic carbocycles. The Hall–Kier alpha value is -2.50. The fourth-order valence-corrected chi connectivity index (χ4v) is 5.14. The van der Waals surface area contributed by atoms with E-state index in [2.05, 4.69) is 72.8 Å². The van der Waals surface area contributed by atoms with Crippen LogP contribution in [0.2, 0.25) is 0 Å². The van der Waals surface area contributed by atoms with Gasteiger partial charge in [0.2, 0.25) is 0 Å². The Morgan fingerprint density at radius 3 is 1.08 bits per heavy atom. The predicted octanol–water partition coefficient (Wildman–Crippen LogP) is 7.74. The van der Waals surface area contributed by atoms with Crippen molar-refractivity contribution in [3.8, 4) is 0 Å². The summed E-state index contributed by atoms with van der Waals surface area (Å²) in [5, 5.41) is 9.66. The van der Waals surface area contributed by atoms with Gasteiger partial charge in [-0.15, -0.1) is 0 Å². The van der Waals surface area contributed by atoms with Crippen molar-refractivity contribution in [1.82, 2.24) is 0 Å². The summed E-state index contributed by atoms with van der Waals surface area (Å²) in [6.45, 7) is 4.48. The van der Waals surface area contributed by atoms with Gasteiger partial charge in [0.25, 0.3) is 0 Å². The van der Waals surface area contributed by atoms with Crippen LogP contribution in [0.3, 0.4) is 0 Å². The third-order valence-corrected chi connectivity index (χ3v) is 7.19. The smallest absolute Gasteiger partial charge is 0.0716 e. The maximum Gasteiger partial charge on any atom is 0.0716 e. The van der Waals surface area contributed by atoms with Gasteiger partial charge in [0.05, 0.1) is 19.8 Å². The van der Waals surface area contributed by atoms with Gasteiger partial charge in [-0.05, 0) is 73.5 Å².